The Hall–Kier alpha value is -1.81. The molecule has 4 heteroatoms. The van der Waals surface area contributed by atoms with Gasteiger partial charge < -0.3 is 15.4 Å². The van der Waals surface area contributed by atoms with E-state index in [4.69, 9.17) is 0 Å². The van der Waals surface area contributed by atoms with Crippen molar-refractivity contribution in [1.29, 1.82) is 0 Å². The van der Waals surface area contributed by atoms with Gasteiger partial charge >= 0.3 is 0 Å². The number of aryl methyl sites for hydroxylation is 1. The van der Waals surface area contributed by atoms with Crippen LogP contribution in [0.2, 0.25) is 0 Å². The van der Waals surface area contributed by atoms with Gasteiger partial charge in [0.05, 0.1) is 12.0 Å². The number of para-hydroxylation sites is 1. The SMILES string of the molecule is Cc1cccc2c(CCNC(=O)CC3(O)CCCCC3)c[nH]c12. The molecule has 4 nitrogen and oxygen atoms in total. The largest absolute Gasteiger partial charge is 0.389 e. The molecule has 0 aliphatic heterocycles. The third kappa shape index (κ3) is 3.75. The van der Waals surface area contributed by atoms with Crippen molar-refractivity contribution in [1.82, 2.24) is 10.3 Å². The van der Waals surface area contributed by atoms with Crippen molar-refractivity contribution < 1.29 is 9.90 Å². The molecule has 1 aliphatic carbocycles. The molecule has 23 heavy (non-hydrogen) atoms. The second-order valence-electron chi connectivity index (χ2n) is 6.87. The Morgan fingerprint density at radius 2 is 2.09 bits per heavy atom. The van der Waals surface area contributed by atoms with Crippen molar-refractivity contribution in [3.8, 4) is 0 Å². The lowest BCUT2D eigenvalue weighted by Gasteiger charge is -2.31. The molecular weight excluding hydrogens is 288 g/mol. The van der Waals surface area contributed by atoms with Crippen LogP contribution in [0.15, 0.2) is 24.4 Å². The summed E-state index contributed by atoms with van der Waals surface area (Å²) in [6.07, 6.45) is 7.79. The van der Waals surface area contributed by atoms with Gasteiger partial charge in [-0.2, -0.15) is 0 Å². The molecule has 1 heterocycles. The number of aliphatic hydroxyl groups is 1. The number of nitrogens with one attached hydrogen (secondary N) is 2. The molecule has 2 aromatic rings. The summed E-state index contributed by atoms with van der Waals surface area (Å²) in [5, 5.41) is 14.6. The number of hydrogen-bond acceptors (Lipinski definition) is 2. The number of amides is 1. The highest BCUT2D eigenvalue weighted by atomic mass is 16.3. The average molecular weight is 314 g/mol. The Morgan fingerprint density at radius 3 is 2.87 bits per heavy atom. The van der Waals surface area contributed by atoms with Crippen molar-refractivity contribution in [3.05, 3.63) is 35.5 Å². The molecule has 0 saturated heterocycles. The van der Waals surface area contributed by atoms with Crippen LogP contribution in [0.1, 0.15) is 49.7 Å². The van der Waals surface area contributed by atoms with Crippen LogP contribution in [0, 0.1) is 6.92 Å². The summed E-state index contributed by atoms with van der Waals surface area (Å²) in [7, 11) is 0. The standard InChI is InChI=1S/C19H26N2O2/c1-14-6-5-7-16-15(13-21-18(14)16)8-11-20-17(22)12-19(23)9-3-2-4-10-19/h5-7,13,21,23H,2-4,8-12H2,1H3,(H,20,22). The molecule has 1 aromatic heterocycles. The molecule has 0 unspecified atom stereocenters. The highest BCUT2D eigenvalue weighted by Gasteiger charge is 2.31. The first-order valence-electron chi connectivity index (χ1n) is 8.62. The first-order chi connectivity index (χ1) is 11.1. The lowest BCUT2D eigenvalue weighted by atomic mass is 9.82. The van der Waals surface area contributed by atoms with E-state index in [0.29, 0.717) is 6.54 Å². The topological polar surface area (TPSA) is 65.1 Å². The number of benzene rings is 1. The van der Waals surface area contributed by atoms with Crippen LogP contribution < -0.4 is 5.32 Å². The first kappa shape index (κ1) is 16.1. The molecule has 1 amide bonds. The molecule has 0 radical (unpaired) electrons. The third-order valence-electron chi connectivity index (χ3n) is 5.00. The van der Waals surface area contributed by atoms with E-state index < -0.39 is 5.60 Å². The number of carbonyl (C=O) groups is 1. The maximum absolute atomic E-state index is 12.1. The van der Waals surface area contributed by atoms with Crippen LogP contribution in [0.4, 0.5) is 0 Å². The molecule has 3 N–H and O–H groups in total. The molecule has 1 saturated carbocycles. The molecule has 1 fully saturated rings. The van der Waals surface area contributed by atoms with Crippen LogP contribution in [0.5, 0.6) is 0 Å². The van der Waals surface area contributed by atoms with Crippen LogP contribution in [-0.4, -0.2) is 28.1 Å². The van der Waals surface area contributed by atoms with Gasteiger partial charge in [0.2, 0.25) is 5.91 Å². The molecule has 1 aromatic carbocycles. The minimum Gasteiger partial charge on any atom is -0.389 e. The molecule has 0 spiro atoms. The zero-order chi connectivity index (χ0) is 16.3. The van der Waals surface area contributed by atoms with Gasteiger partial charge in [0.1, 0.15) is 0 Å². The summed E-state index contributed by atoms with van der Waals surface area (Å²) in [4.78, 5) is 15.4. The summed E-state index contributed by atoms with van der Waals surface area (Å²) < 4.78 is 0. The van der Waals surface area contributed by atoms with Crippen molar-refractivity contribution in [2.45, 2.75) is 57.5 Å². The van der Waals surface area contributed by atoms with E-state index in [-0.39, 0.29) is 12.3 Å². The summed E-state index contributed by atoms with van der Waals surface area (Å²) in [6.45, 7) is 2.70. The fraction of sp³-hybridized carbons (Fsp3) is 0.526. The smallest absolute Gasteiger partial charge is 0.222 e. The zero-order valence-corrected chi connectivity index (χ0v) is 13.8. The predicted octanol–water partition coefficient (Wildman–Crippen LogP) is 3.22. The minimum atomic E-state index is -0.778. The average Bonchev–Trinajstić information content (AvgIpc) is 2.92. The molecule has 124 valence electrons. The quantitative estimate of drug-likeness (QED) is 0.793. The minimum absolute atomic E-state index is 0.0366. The maximum atomic E-state index is 12.1. The zero-order valence-electron chi connectivity index (χ0n) is 13.8. The van der Waals surface area contributed by atoms with Crippen LogP contribution in [0.3, 0.4) is 0 Å². The van der Waals surface area contributed by atoms with Gasteiger partial charge in [-0.05, 0) is 37.3 Å². The van der Waals surface area contributed by atoms with Crippen molar-refractivity contribution in [3.63, 3.8) is 0 Å². The number of aromatic nitrogens is 1. The first-order valence-corrected chi connectivity index (χ1v) is 8.62. The monoisotopic (exact) mass is 314 g/mol. The van der Waals surface area contributed by atoms with E-state index in [1.54, 1.807) is 0 Å². The number of aromatic amines is 1. The summed E-state index contributed by atoms with van der Waals surface area (Å²) in [6, 6.07) is 6.27. The van der Waals surface area contributed by atoms with E-state index in [1.165, 1.54) is 28.5 Å². The number of fused-ring (bicyclic) bond motifs is 1. The van der Waals surface area contributed by atoms with E-state index in [1.807, 2.05) is 6.20 Å². The van der Waals surface area contributed by atoms with Gasteiger partial charge in [0.25, 0.3) is 0 Å². The molecular formula is C19H26N2O2. The van der Waals surface area contributed by atoms with E-state index >= 15 is 0 Å². The van der Waals surface area contributed by atoms with Crippen molar-refractivity contribution in [2.24, 2.45) is 0 Å². The normalized spacial score (nSPS) is 17.3. The highest BCUT2D eigenvalue weighted by molar-refractivity contribution is 5.86. The van der Waals surface area contributed by atoms with Gasteiger partial charge in [-0.15, -0.1) is 0 Å². The van der Waals surface area contributed by atoms with Crippen molar-refractivity contribution in [2.75, 3.05) is 6.54 Å². The van der Waals surface area contributed by atoms with E-state index in [2.05, 4.69) is 35.4 Å². The number of carbonyl (C=O) groups excluding carboxylic acids is 1. The van der Waals surface area contributed by atoms with Gasteiger partial charge in [-0.25, -0.2) is 0 Å². The van der Waals surface area contributed by atoms with Gasteiger partial charge in [-0.1, -0.05) is 37.5 Å². The third-order valence-corrected chi connectivity index (χ3v) is 5.00. The maximum Gasteiger partial charge on any atom is 0.222 e. The van der Waals surface area contributed by atoms with Crippen LogP contribution >= 0.6 is 0 Å². The Balaban J connectivity index is 1.52. The number of H-pyrrole nitrogens is 1. The Labute approximate surface area is 137 Å². The molecule has 1 aliphatic rings. The lowest BCUT2D eigenvalue weighted by molar-refractivity contribution is -0.127. The second kappa shape index (κ2) is 6.75. The van der Waals surface area contributed by atoms with E-state index in [9.17, 15) is 9.90 Å². The summed E-state index contributed by atoms with van der Waals surface area (Å²) in [5.41, 5.74) is 2.85. The number of rotatable bonds is 5. The Kier molecular flexibility index (Phi) is 4.71. The Bertz CT molecular complexity index is 684. The molecule has 0 atom stereocenters. The van der Waals surface area contributed by atoms with Gasteiger partial charge in [-0.3, -0.25) is 4.79 Å². The van der Waals surface area contributed by atoms with E-state index in [0.717, 1.165) is 32.1 Å². The van der Waals surface area contributed by atoms with Gasteiger partial charge in [0.15, 0.2) is 0 Å². The summed E-state index contributed by atoms with van der Waals surface area (Å²) in [5.74, 6) is -0.0366. The fourth-order valence-electron chi connectivity index (χ4n) is 3.66. The molecule has 0 bridgehead atoms. The van der Waals surface area contributed by atoms with Crippen LogP contribution in [0.25, 0.3) is 10.9 Å². The lowest BCUT2D eigenvalue weighted by Crippen LogP contribution is -2.38. The summed E-state index contributed by atoms with van der Waals surface area (Å²) >= 11 is 0. The predicted molar refractivity (Wildman–Crippen MR) is 92.4 cm³/mol. The molecule has 3 rings (SSSR count). The van der Waals surface area contributed by atoms with Crippen LogP contribution in [-0.2, 0) is 11.2 Å². The highest BCUT2D eigenvalue weighted by Crippen LogP contribution is 2.30. The van der Waals surface area contributed by atoms with Gasteiger partial charge in [0, 0.05) is 23.6 Å². The number of hydrogen-bond donors (Lipinski definition) is 3. The fourth-order valence-corrected chi connectivity index (χ4v) is 3.66. The Morgan fingerprint density at radius 1 is 1.30 bits per heavy atom. The second-order valence-corrected chi connectivity index (χ2v) is 6.87. The van der Waals surface area contributed by atoms with Crippen molar-refractivity contribution >= 4 is 16.8 Å².